The van der Waals surface area contributed by atoms with Gasteiger partial charge in [0.2, 0.25) is 0 Å². The van der Waals surface area contributed by atoms with E-state index in [-0.39, 0.29) is 0 Å². The van der Waals surface area contributed by atoms with Crippen LogP contribution in [0, 0.1) is 6.92 Å². The van der Waals surface area contributed by atoms with Crippen molar-refractivity contribution in [1.82, 2.24) is 5.32 Å². The summed E-state index contributed by atoms with van der Waals surface area (Å²) in [6.07, 6.45) is 8.33. The maximum Gasteiger partial charge on any atom is 0.0331 e. The van der Waals surface area contributed by atoms with Gasteiger partial charge in [-0.3, -0.25) is 0 Å². The van der Waals surface area contributed by atoms with Gasteiger partial charge in [-0.2, -0.15) is 11.3 Å². The van der Waals surface area contributed by atoms with E-state index < -0.39 is 0 Å². The van der Waals surface area contributed by atoms with Crippen LogP contribution in [0.2, 0.25) is 0 Å². The van der Waals surface area contributed by atoms with E-state index >= 15 is 0 Å². The van der Waals surface area contributed by atoms with E-state index in [0.29, 0.717) is 6.04 Å². The Balaban J connectivity index is 2.39. The van der Waals surface area contributed by atoms with Gasteiger partial charge in [0, 0.05) is 6.04 Å². The number of thiophene rings is 1. The van der Waals surface area contributed by atoms with Crippen molar-refractivity contribution in [2.45, 2.75) is 52.0 Å². The molecule has 1 unspecified atom stereocenters. The molecule has 2 heteroatoms. The van der Waals surface area contributed by atoms with Gasteiger partial charge >= 0.3 is 0 Å². The molecule has 0 spiro atoms. The first-order valence-corrected chi connectivity index (χ1v) is 7.60. The first-order valence-electron chi connectivity index (χ1n) is 6.66. The van der Waals surface area contributed by atoms with Crippen LogP contribution in [0.1, 0.15) is 56.2 Å². The molecule has 1 heterocycles. The highest BCUT2D eigenvalue weighted by Crippen LogP contribution is 2.26. The normalized spacial score (nSPS) is 12.6. The van der Waals surface area contributed by atoms with Crippen LogP contribution < -0.4 is 5.32 Å². The largest absolute Gasteiger partial charge is 0.310 e. The average molecular weight is 251 g/mol. The van der Waals surface area contributed by atoms with Gasteiger partial charge in [-0.25, -0.2) is 0 Å². The number of nitrogens with one attached hydrogen (secondary N) is 1. The average Bonchev–Trinajstić information content (AvgIpc) is 2.74. The van der Waals surface area contributed by atoms with Crippen molar-refractivity contribution in [2.24, 2.45) is 0 Å². The lowest BCUT2D eigenvalue weighted by atomic mass is 9.99. The number of hydrogen-bond acceptors (Lipinski definition) is 2. The van der Waals surface area contributed by atoms with Gasteiger partial charge < -0.3 is 5.32 Å². The quantitative estimate of drug-likeness (QED) is 0.489. The lowest BCUT2D eigenvalue weighted by Gasteiger charge is -2.18. The van der Waals surface area contributed by atoms with Gasteiger partial charge in [0.05, 0.1) is 0 Å². The van der Waals surface area contributed by atoms with E-state index in [2.05, 4.69) is 36.5 Å². The molecule has 0 aliphatic rings. The summed E-state index contributed by atoms with van der Waals surface area (Å²) in [5.41, 5.74) is 2.94. The van der Waals surface area contributed by atoms with Crippen LogP contribution in [-0.4, -0.2) is 6.54 Å². The summed E-state index contributed by atoms with van der Waals surface area (Å²) in [6.45, 7) is 9.22. The van der Waals surface area contributed by atoms with Gasteiger partial charge in [-0.05, 0) is 54.6 Å². The number of rotatable bonds is 9. The highest BCUT2D eigenvalue weighted by Gasteiger charge is 2.12. The summed E-state index contributed by atoms with van der Waals surface area (Å²) >= 11 is 1.81. The predicted octanol–water partition coefficient (Wildman–Crippen LogP) is 4.84. The van der Waals surface area contributed by atoms with E-state index in [0.717, 1.165) is 13.0 Å². The molecule has 1 rings (SSSR count). The number of aryl methyl sites for hydroxylation is 1. The zero-order valence-corrected chi connectivity index (χ0v) is 12.0. The van der Waals surface area contributed by atoms with Crippen molar-refractivity contribution in [1.29, 1.82) is 0 Å². The highest BCUT2D eigenvalue weighted by molar-refractivity contribution is 7.08. The van der Waals surface area contributed by atoms with E-state index in [1.807, 2.05) is 17.4 Å². The Bertz CT molecular complexity index is 316. The molecule has 0 radical (unpaired) electrons. The minimum atomic E-state index is 0.551. The van der Waals surface area contributed by atoms with Gasteiger partial charge in [0.25, 0.3) is 0 Å². The minimum absolute atomic E-state index is 0.551. The van der Waals surface area contributed by atoms with Crippen molar-refractivity contribution in [3.05, 3.63) is 34.5 Å². The van der Waals surface area contributed by atoms with Gasteiger partial charge in [-0.15, -0.1) is 6.58 Å². The number of unbranched alkanes of at least 4 members (excludes halogenated alkanes) is 3. The Morgan fingerprint density at radius 3 is 2.76 bits per heavy atom. The molecule has 17 heavy (non-hydrogen) atoms. The van der Waals surface area contributed by atoms with E-state index in [1.165, 1.54) is 36.8 Å². The van der Waals surface area contributed by atoms with Crippen LogP contribution >= 0.6 is 11.3 Å². The summed E-state index contributed by atoms with van der Waals surface area (Å²) in [6, 6.07) is 0.551. The molecular weight excluding hydrogens is 226 g/mol. The third-order valence-corrected chi connectivity index (χ3v) is 4.00. The minimum Gasteiger partial charge on any atom is -0.310 e. The van der Waals surface area contributed by atoms with Gasteiger partial charge in [0.15, 0.2) is 0 Å². The Kier molecular flexibility index (Phi) is 7.22. The zero-order valence-electron chi connectivity index (χ0n) is 11.2. The summed E-state index contributed by atoms with van der Waals surface area (Å²) in [5, 5.41) is 8.15. The molecule has 0 aliphatic heterocycles. The first-order chi connectivity index (χ1) is 8.29. The van der Waals surface area contributed by atoms with E-state index in [1.54, 1.807) is 0 Å². The maximum atomic E-state index is 3.76. The highest BCUT2D eigenvalue weighted by atomic mass is 32.1. The van der Waals surface area contributed by atoms with Crippen molar-refractivity contribution >= 4 is 11.3 Å². The van der Waals surface area contributed by atoms with Crippen molar-refractivity contribution in [3.63, 3.8) is 0 Å². The fourth-order valence-corrected chi connectivity index (χ4v) is 3.06. The zero-order chi connectivity index (χ0) is 12.5. The van der Waals surface area contributed by atoms with Crippen LogP contribution in [0.3, 0.4) is 0 Å². The first kappa shape index (κ1) is 14.5. The summed E-state index contributed by atoms with van der Waals surface area (Å²) in [5.74, 6) is 0. The van der Waals surface area contributed by atoms with Crippen molar-refractivity contribution in [3.8, 4) is 0 Å². The lowest BCUT2D eigenvalue weighted by molar-refractivity contribution is 0.483. The van der Waals surface area contributed by atoms with Crippen LogP contribution in [0.5, 0.6) is 0 Å². The fourth-order valence-electron chi connectivity index (χ4n) is 2.16. The number of allylic oxidation sites excluding steroid dienone is 1. The molecule has 0 saturated carbocycles. The van der Waals surface area contributed by atoms with E-state index in [4.69, 9.17) is 0 Å². The van der Waals surface area contributed by atoms with Crippen molar-refractivity contribution in [2.75, 3.05) is 6.54 Å². The second kappa shape index (κ2) is 8.48. The van der Waals surface area contributed by atoms with Crippen LogP contribution in [0.25, 0.3) is 0 Å². The maximum absolute atomic E-state index is 3.76. The molecule has 0 fully saturated rings. The second-order valence-corrected chi connectivity index (χ2v) is 5.29. The Morgan fingerprint density at radius 1 is 1.35 bits per heavy atom. The van der Waals surface area contributed by atoms with Crippen molar-refractivity contribution < 1.29 is 0 Å². The Morgan fingerprint density at radius 2 is 2.18 bits per heavy atom. The monoisotopic (exact) mass is 251 g/mol. The van der Waals surface area contributed by atoms with Crippen LogP contribution in [0.15, 0.2) is 23.4 Å². The molecule has 0 amide bonds. The lowest BCUT2D eigenvalue weighted by Crippen LogP contribution is -2.21. The second-order valence-electron chi connectivity index (χ2n) is 4.55. The standard InChI is InChI=1S/C15H25NS/c1-4-6-7-8-9-10-15(16-5-2)14-12-17-11-13(14)3/h4,11-12,15-16H,1,5-10H2,2-3H3. The van der Waals surface area contributed by atoms with Crippen LogP contribution in [-0.2, 0) is 0 Å². The molecule has 96 valence electrons. The van der Waals surface area contributed by atoms with Gasteiger partial charge in [-0.1, -0.05) is 25.8 Å². The number of hydrogen-bond donors (Lipinski definition) is 1. The summed E-state index contributed by atoms with van der Waals surface area (Å²) < 4.78 is 0. The predicted molar refractivity (Wildman–Crippen MR) is 78.8 cm³/mol. The smallest absolute Gasteiger partial charge is 0.0331 e. The molecule has 1 atom stereocenters. The molecule has 1 aromatic rings. The third kappa shape index (κ3) is 5.05. The van der Waals surface area contributed by atoms with Gasteiger partial charge in [0.1, 0.15) is 0 Å². The fraction of sp³-hybridized carbons (Fsp3) is 0.600. The molecule has 0 saturated heterocycles. The third-order valence-electron chi connectivity index (χ3n) is 3.12. The summed E-state index contributed by atoms with van der Waals surface area (Å²) in [4.78, 5) is 0. The molecule has 0 aliphatic carbocycles. The molecule has 1 N–H and O–H groups in total. The molecule has 0 aromatic carbocycles. The molecule has 1 nitrogen and oxygen atoms in total. The Hall–Kier alpha value is -0.600. The summed E-state index contributed by atoms with van der Waals surface area (Å²) in [7, 11) is 0. The topological polar surface area (TPSA) is 12.0 Å². The molecular formula is C15H25NS. The molecule has 1 aromatic heterocycles. The van der Waals surface area contributed by atoms with Crippen LogP contribution in [0.4, 0.5) is 0 Å². The van der Waals surface area contributed by atoms with E-state index in [9.17, 15) is 0 Å². The Labute approximate surface area is 110 Å². The molecule has 0 bridgehead atoms. The SMILES string of the molecule is C=CCCCCCC(NCC)c1cscc1C.